The summed E-state index contributed by atoms with van der Waals surface area (Å²) < 4.78 is 0. The van der Waals surface area contributed by atoms with Gasteiger partial charge >= 0.3 is 0 Å². The van der Waals surface area contributed by atoms with Crippen LogP contribution in [0.25, 0.3) is 0 Å². The highest BCUT2D eigenvalue weighted by Crippen LogP contribution is 2.38. The Balaban J connectivity index is 2.11. The lowest BCUT2D eigenvalue weighted by molar-refractivity contribution is 0.224. The SMILES string of the molecule is CCC1CCC(C(NC)c2cc(C)cc(Cl)c2)CC1. The molecule has 1 aromatic rings. The average molecular weight is 280 g/mol. The summed E-state index contributed by atoms with van der Waals surface area (Å²) >= 11 is 6.21. The normalized spacial score (nSPS) is 25.3. The van der Waals surface area contributed by atoms with Crippen LogP contribution in [0, 0.1) is 18.8 Å². The molecule has 0 heterocycles. The van der Waals surface area contributed by atoms with Crippen LogP contribution in [0.1, 0.15) is 56.2 Å². The lowest BCUT2D eigenvalue weighted by atomic mass is 9.76. The van der Waals surface area contributed by atoms with Crippen molar-refractivity contribution in [2.45, 2.75) is 52.0 Å². The zero-order valence-corrected chi connectivity index (χ0v) is 13.1. The van der Waals surface area contributed by atoms with Gasteiger partial charge in [0.15, 0.2) is 0 Å². The molecule has 1 nitrogen and oxygen atoms in total. The van der Waals surface area contributed by atoms with Crippen molar-refractivity contribution in [1.29, 1.82) is 0 Å². The van der Waals surface area contributed by atoms with Crippen LogP contribution in [-0.2, 0) is 0 Å². The van der Waals surface area contributed by atoms with Crippen LogP contribution in [0.4, 0.5) is 0 Å². The van der Waals surface area contributed by atoms with E-state index in [1.807, 2.05) is 6.07 Å². The lowest BCUT2D eigenvalue weighted by Crippen LogP contribution is -2.28. The Bertz CT molecular complexity index is 387. The van der Waals surface area contributed by atoms with E-state index in [-0.39, 0.29) is 0 Å². The summed E-state index contributed by atoms with van der Waals surface area (Å²) in [5.74, 6) is 1.71. The van der Waals surface area contributed by atoms with Gasteiger partial charge in [0, 0.05) is 11.1 Å². The molecule has 1 aliphatic carbocycles. The van der Waals surface area contributed by atoms with Gasteiger partial charge < -0.3 is 5.32 Å². The number of rotatable bonds is 4. The maximum atomic E-state index is 6.21. The second-order valence-corrected chi connectivity index (χ2v) is 6.45. The van der Waals surface area contributed by atoms with Gasteiger partial charge in [0.2, 0.25) is 0 Å². The topological polar surface area (TPSA) is 12.0 Å². The molecule has 0 saturated heterocycles. The molecule has 0 spiro atoms. The Hall–Kier alpha value is -0.530. The monoisotopic (exact) mass is 279 g/mol. The van der Waals surface area contributed by atoms with Gasteiger partial charge in [-0.05, 0) is 61.9 Å². The first-order valence-electron chi connectivity index (χ1n) is 7.58. The van der Waals surface area contributed by atoms with Gasteiger partial charge in [0.25, 0.3) is 0 Å². The van der Waals surface area contributed by atoms with Gasteiger partial charge in [-0.15, -0.1) is 0 Å². The number of hydrogen-bond acceptors (Lipinski definition) is 1. The summed E-state index contributed by atoms with van der Waals surface area (Å²) in [6.45, 7) is 4.44. The predicted octanol–water partition coefficient (Wildman–Crippen LogP) is 5.13. The molecule has 1 atom stereocenters. The molecule has 0 bridgehead atoms. The van der Waals surface area contributed by atoms with E-state index in [1.54, 1.807) is 0 Å². The second kappa shape index (κ2) is 6.76. The Morgan fingerprint density at radius 1 is 1.21 bits per heavy atom. The van der Waals surface area contributed by atoms with Crippen molar-refractivity contribution in [1.82, 2.24) is 5.32 Å². The van der Waals surface area contributed by atoms with Crippen molar-refractivity contribution >= 4 is 11.6 Å². The molecule has 1 fully saturated rings. The van der Waals surface area contributed by atoms with Crippen LogP contribution in [-0.4, -0.2) is 7.05 Å². The molecule has 0 aliphatic heterocycles. The smallest absolute Gasteiger partial charge is 0.0411 e. The van der Waals surface area contributed by atoms with Gasteiger partial charge in [0.05, 0.1) is 0 Å². The summed E-state index contributed by atoms with van der Waals surface area (Å²) in [6, 6.07) is 6.89. The molecule has 1 aromatic carbocycles. The zero-order chi connectivity index (χ0) is 13.8. The van der Waals surface area contributed by atoms with Crippen LogP contribution >= 0.6 is 11.6 Å². The minimum atomic E-state index is 0.454. The van der Waals surface area contributed by atoms with Gasteiger partial charge in [-0.25, -0.2) is 0 Å². The summed E-state index contributed by atoms with van der Waals surface area (Å²) in [5.41, 5.74) is 2.61. The minimum Gasteiger partial charge on any atom is -0.313 e. The first-order chi connectivity index (χ1) is 9.13. The zero-order valence-electron chi connectivity index (χ0n) is 12.4. The standard InChI is InChI=1S/C17H26ClN/c1-4-13-5-7-14(8-6-13)17(19-3)15-9-12(2)10-16(18)11-15/h9-11,13-14,17,19H,4-8H2,1-3H3. The molecule has 0 radical (unpaired) electrons. The molecule has 1 unspecified atom stereocenters. The van der Waals surface area contributed by atoms with E-state index >= 15 is 0 Å². The maximum absolute atomic E-state index is 6.21. The highest BCUT2D eigenvalue weighted by Gasteiger charge is 2.27. The van der Waals surface area contributed by atoms with Gasteiger partial charge in [-0.3, -0.25) is 0 Å². The molecule has 2 heteroatoms. The Labute approximate surface area is 122 Å². The fourth-order valence-corrected chi connectivity index (χ4v) is 3.85. The summed E-state index contributed by atoms with van der Waals surface area (Å²) in [6.07, 6.45) is 6.80. The summed E-state index contributed by atoms with van der Waals surface area (Å²) in [5, 5.41) is 4.38. The van der Waals surface area contributed by atoms with E-state index in [4.69, 9.17) is 11.6 Å². The first kappa shape index (κ1) is 14.9. The van der Waals surface area contributed by atoms with E-state index in [9.17, 15) is 0 Å². The van der Waals surface area contributed by atoms with E-state index in [2.05, 4.69) is 38.3 Å². The predicted molar refractivity (Wildman–Crippen MR) is 83.7 cm³/mol. The molecule has 19 heavy (non-hydrogen) atoms. The Morgan fingerprint density at radius 3 is 2.42 bits per heavy atom. The highest BCUT2D eigenvalue weighted by atomic mass is 35.5. The second-order valence-electron chi connectivity index (χ2n) is 6.02. The Kier molecular flexibility index (Phi) is 5.29. The van der Waals surface area contributed by atoms with Gasteiger partial charge in [-0.2, -0.15) is 0 Å². The number of aryl methyl sites for hydroxylation is 1. The molecular formula is C17H26ClN. The third-order valence-corrected chi connectivity index (χ3v) is 4.89. The molecule has 0 aromatic heterocycles. The fraction of sp³-hybridized carbons (Fsp3) is 0.647. The van der Waals surface area contributed by atoms with Crippen molar-refractivity contribution < 1.29 is 0 Å². The quantitative estimate of drug-likeness (QED) is 0.806. The molecular weight excluding hydrogens is 254 g/mol. The van der Waals surface area contributed by atoms with Crippen molar-refractivity contribution in [3.63, 3.8) is 0 Å². The van der Waals surface area contributed by atoms with Gasteiger partial charge in [0.1, 0.15) is 0 Å². The molecule has 1 saturated carbocycles. The molecule has 1 N–H and O–H groups in total. The van der Waals surface area contributed by atoms with Crippen molar-refractivity contribution in [2.24, 2.45) is 11.8 Å². The largest absolute Gasteiger partial charge is 0.313 e. The lowest BCUT2D eigenvalue weighted by Gasteiger charge is -2.34. The van der Waals surface area contributed by atoms with Crippen molar-refractivity contribution in [3.8, 4) is 0 Å². The van der Waals surface area contributed by atoms with Crippen LogP contribution in [0.15, 0.2) is 18.2 Å². The van der Waals surface area contributed by atoms with Gasteiger partial charge in [-0.1, -0.05) is 43.9 Å². The van der Waals surface area contributed by atoms with Crippen LogP contribution in [0.2, 0.25) is 5.02 Å². The molecule has 106 valence electrons. The van der Waals surface area contributed by atoms with Crippen LogP contribution in [0.5, 0.6) is 0 Å². The third-order valence-electron chi connectivity index (χ3n) is 4.67. The number of benzene rings is 1. The van der Waals surface area contributed by atoms with Crippen LogP contribution < -0.4 is 5.32 Å². The fourth-order valence-electron chi connectivity index (χ4n) is 3.55. The average Bonchev–Trinajstić information content (AvgIpc) is 2.39. The van der Waals surface area contributed by atoms with Crippen LogP contribution in [0.3, 0.4) is 0 Å². The molecule has 1 aliphatic rings. The number of nitrogens with one attached hydrogen (secondary N) is 1. The maximum Gasteiger partial charge on any atom is 0.0411 e. The van der Waals surface area contributed by atoms with Crippen molar-refractivity contribution in [3.05, 3.63) is 34.3 Å². The van der Waals surface area contributed by atoms with E-state index < -0.39 is 0 Å². The van der Waals surface area contributed by atoms with E-state index in [0.717, 1.165) is 16.9 Å². The molecule has 2 rings (SSSR count). The van der Waals surface area contributed by atoms with E-state index in [0.29, 0.717) is 6.04 Å². The minimum absolute atomic E-state index is 0.454. The highest BCUT2D eigenvalue weighted by molar-refractivity contribution is 6.30. The summed E-state index contributed by atoms with van der Waals surface area (Å²) in [7, 11) is 2.08. The summed E-state index contributed by atoms with van der Waals surface area (Å²) in [4.78, 5) is 0. The van der Waals surface area contributed by atoms with E-state index in [1.165, 1.54) is 43.2 Å². The first-order valence-corrected chi connectivity index (χ1v) is 7.96. The molecule has 0 amide bonds. The number of halogens is 1. The Morgan fingerprint density at radius 2 is 1.89 bits per heavy atom. The van der Waals surface area contributed by atoms with Crippen molar-refractivity contribution in [2.75, 3.05) is 7.05 Å². The third kappa shape index (κ3) is 3.73. The number of hydrogen-bond donors (Lipinski definition) is 1.